The Morgan fingerprint density at radius 2 is 1.87 bits per heavy atom. The number of ether oxygens (including phenoxy) is 1. The topological polar surface area (TPSA) is 102 Å². The Kier molecular flexibility index (Phi) is 5.66. The number of para-hydroxylation sites is 1. The Bertz CT molecular complexity index is 1140. The molecule has 0 aliphatic rings. The van der Waals surface area contributed by atoms with E-state index in [0.29, 0.717) is 35.3 Å². The van der Waals surface area contributed by atoms with E-state index in [-0.39, 0.29) is 6.03 Å². The summed E-state index contributed by atoms with van der Waals surface area (Å²) in [6, 6.07) is 17.9. The van der Waals surface area contributed by atoms with E-state index >= 15 is 0 Å². The van der Waals surface area contributed by atoms with Crippen molar-refractivity contribution in [1.29, 1.82) is 0 Å². The van der Waals surface area contributed by atoms with E-state index in [1.54, 1.807) is 37.7 Å². The summed E-state index contributed by atoms with van der Waals surface area (Å²) >= 11 is 0. The third-order valence-electron chi connectivity index (χ3n) is 4.34. The average Bonchev–Trinajstić information content (AvgIpc) is 3.24. The lowest BCUT2D eigenvalue weighted by molar-refractivity contribution is 0.262. The molecule has 0 saturated heterocycles. The first-order chi connectivity index (χ1) is 14.7. The normalized spacial score (nSPS) is 10.4. The van der Waals surface area contributed by atoms with Crippen LogP contribution in [-0.2, 0) is 6.42 Å². The number of methoxy groups -OCH3 is 1. The lowest BCUT2D eigenvalue weighted by Crippen LogP contribution is -2.20. The molecular formula is C22H19N5O3. The maximum atomic E-state index is 12.5. The number of urea groups is 1. The lowest BCUT2D eigenvalue weighted by Gasteiger charge is -2.11. The first kappa shape index (κ1) is 19.1. The van der Waals surface area contributed by atoms with Crippen LogP contribution >= 0.6 is 0 Å². The van der Waals surface area contributed by atoms with E-state index in [1.165, 1.54) is 0 Å². The van der Waals surface area contributed by atoms with Crippen LogP contribution in [0.1, 0.15) is 11.5 Å². The van der Waals surface area contributed by atoms with Crippen LogP contribution in [0.5, 0.6) is 5.75 Å². The highest BCUT2D eigenvalue weighted by Gasteiger charge is 2.13. The highest BCUT2D eigenvalue weighted by molar-refractivity contribution is 6.00. The van der Waals surface area contributed by atoms with Crippen molar-refractivity contribution in [2.24, 2.45) is 0 Å². The molecule has 0 bridgehead atoms. The van der Waals surface area contributed by atoms with E-state index in [9.17, 15) is 4.79 Å². The van der Waals surface area contributed by atoms with Gasteiger partial charge in [-0.3, -0.25) is 4.98 Å². The highest BCUT2D eigenvalue weighted by Crippen LogP contribution is 2.22. The standard InChI is InChI=1S/C22H19N5O3/c1-29-18-7-4-6-17(14-18)24-22(28)25-19-8-3-2-5-16(19)13-20-26-21(27-30-20)15-9-11-23-12-10-15/h2-12,14H,13H2,1H3,(H2,24,25,28). The lowest BCUT2D eigenvalue weighted by atomic mass is 10.1. The number of rotatable bonds is 6. The summed E-state index contributed by atoms with van der Waals surface area (Å²) in [5.41, 5.74) is 2.96. The molecule has 2 amide bonds. The Balaban J connectivity index is 1.46. The minimum absolute atomic E-state index is 0.362. The molecule has 150 valence electrons. The number of nitrogens with one attached hydrogen (secondary N) is 2. The zero-order valence-corrected chi connectivity index (χ0v) is 16.2. The molecule has 0 unspecified atom stereocenters. The number of carbonyl (C=O) groups excluding carboxylic acids is 1. The summed E-state index contributed by atoms with van der Waals surface area (Å²) in [6.45, 7) is 0. The van der Waals surface area contributed by atoms with E-state index < -0.39 is 0 Å². The van der Waals surface area contributed by atoms with Crippen molar-refractivity contribution in [3.8, 4) is 17.1 Å². The van der Waals surface area contributed by atoms with Gasteiger partial charge < -0.3 is 19.9 Å². The average molecular weight is 401 g/mol. The fraction of sp³-hybridized carbons (Fsp3) is 0.0909. The molecule has 2 aromatic heterocycles. The van der Waals surface area contributed by atoms with Crippen molar-refractivity contribution in [2.75, 3.05) is 17.7 Å². The summed E-state index contributed by atoms with van der Waals surface area (Å²) in [6.07, 6.45) is 3.73. The summed E-state index contributed by atoms with van der Waals surface area (Å²) in [4.78, 5) is 20.9. The first-order valence-electron chi connectivity index (χ1n) is 9.24. The SMILES string of the molecule is COc1cccc(NC(=O)Nc2ccccc2Cc2nc(-c3ccncc3)no2)c1. The zero-order valence-electron chi connectivity index (χ0n) is 16.2. The Hall–Kier alpha value is -4.20. The number of aromatic nitrogens is 3. The van der Waals surface area contributed by atoms with Gasteiger partial charge in [0.2, 0.25) is 11.7 Å². The van der Waals surface area contributed by atoms with Crippen LogP contribution < -0.4 is 15.4 Å². The molecule has 8 nitrogen and oxygen atoms in total. The minimum atomic E-state index is -0.362. The number of anilines is 2. The second kappa shape index (κ2) is 8.87. The molecule has 2 N–H and O–H groups in total. The fourth-order valence-corrected chi connectivity index (χ4v) is 2.89. The molecule has 0 aliphatic carbocycles. The second-order valence-electron chi connectivity index (χ2n) is 6.39. The number of carbonyl (C=O) groups is 1. The summed E-state index contributed by atoms with van der Waals surface area (Å²) in [5, 5.41) is 9.68. The van der Waals surface area contributed by atoms with Crippen molar-refractivity contribution < 1.29 is 14.1 Å². The predicted molar refractivity (Wildman–Crippen MR) is 112 cm³/mol. The van der Waals surface area contributed by atoms with E-state index in [1.807, 2.05) is 42.5 Å². The van der Waals surface area contributed by atoms with Gasteiger partial charge in [-0.15, -0.1) is 0 Å². The Morgan fingerprint density at radius 1 is 1.03 bits per heavy atom. The number of hydrogen-bond acceptors (Lipinski definition) is 6. The molecule has 0 atom stereocenters. The van der Waals surface area contributed by atoms with Gasteiger partial charge in [0.05, 0.1) is 13.5 Å². The molecule has 0 saturated carbocycles. The van der Waals surface area contributed by atoms with Crippen LogP contribution in [-0.4, -0.2) is 28.3 Å². The maximum absolute atomic E-state index is 12.5. The van der Waals surface area contributed by atoms with Crippen molar-refractivity contribution >= 4 is 17.4 Å². The summed E-state index contributed by atoms with van der Waals surface area (Å²) in [5.74, 6) is 1.60. The van der Waals surface area contributed by atoms with Crippen LogP contribution in [0.2, 0.25) is 0 Å². The molecule has 0 aliphatic heterocycles. The maximum Gasteiger partial charge on any atom is 0.323 e. The van der Waals surface area contributed by atoms with E-state index in [2.05, 4.69) is 25.8 Å². The van der Waals surface area contributed by atoms with Crippen molar-refractivity contribution in [3.63, 3.8) is 0 Å². The van der Waals surface area contributed by atoms with Gasteiger partial charge in [0.25, 0.3) is 0 Å². The van der Waals surface area contributed by atoms with Crippen LogP contribution in [0.25, 0.3) is 11.4 Å². The van der Waals surface area contributed by atoms with Crippen LogP contribution in [0.3, 0.4) is 0 Å². The fourth-order valence-electron chi connectivity index (χ4n) is 2.89. The van der Waals surface area contributed by atoms with Gasteiger partial charge in [0, 0.05) is 35.4 Å². The predicted octanol–water partition coefficient (Wildman–Crippen LogP) is 4.38. The van der Waals surface area contributed by atoms with E-state index in [0.717, 1.165) is 11.1 Å². The third kappa shape index (κ3) is 4.61. The molecule has 2 heterocycles. The third-order valence-corrected chi connectivity index (χ3v) is 4.34. The van der Waals surface area contributed by atoms with Gasteiger partial charge in [-0.05, 0) is 35.9 Å². The van der Waals surface area contributed by atoms with Gasteiger partial charge in [-0.2, -0.15) is 4.98 Å². The molecule has 2 aromatic carbocycles. The first-order valence-corrected chi connectivity index (χ1v) is 9.24. The monoisotopic (exact) mass is 401 g/mol. The van der Waals surface area contributed by atoms with Crippen LogP contribution in [0.15, 0.2) is 77.6 Å². The second-order valence-corrected chi connectivity index (χ2v) is 6.39. The molecule has 0 radical (unpaired) electrons. The Morgan fingerprint density at radius 3 is 2.70 bits per heavy atom. The summed E-state index contributed by atoms with van der Waals surface area (Å²) < 4.78 is 10.6. The van der Waals surface area contributed by atoms with Gasteiger partial charge in [0.1, 0.15) is 5.75 Å². The van der Waals surface area contributed by atoms with Crippen molar-refractivity contribution in [3.05, 3.63) is 84.5 Å². The molecule has 0 fully saturated rings. The number of hydrogen-bond donors (Lipinski definition) is 2. The molecule has 8 heteroatoms. The van der Waals surface area contributed by atoms with Gasteiger partial charge in [-0.25, -0.2) is 4.79 Å². The van der Waals surface area contributed by atoms with Crippen LogP contribution in [0, 0.1) is 0 Å². The number of benzene rings is 2. The molecule has 30 heavy (non-hydrogen) atoms. The quantitative estimate of drug-likeness (QED) is 0.497. The van der Waals surface area contributed by atoms with Gasteiger partial charge >= 0.3 is 6.03 Å². The minimum Gasteiger partial charge on any atom is -0.497 e. The van der Waals surface area contributed by atoms with Gasteiger partial charge in [0.15, 0.2) is 0 Å². The number of nitrogens with zero attached hydrogens (tertiary/aromatic N) is 3. The number of pyridine rings is 1. The van der Waals surface area contributed by atoms with Gasteiger partial charge in [-0.1, -0.05) is 29.4 Å². The number of amides is 2. The van der Waals surface area contributed by atoms with Crippen molar-refractivity contribution in [1.82, 2.24) is 15.1 Å². The van der Waals surface area contributed by atoms with Crippen LogP contribution in [0.4, 0.5) is 16.2 Å². The van der Waals surface area contributed by atoms with E-state index in [4.69, 9.17) is 9.26 Å². The zero-order chi connectivity index (χ0) is 20.8. The summed E-state index contributed by atoms with van der Waals surface area (Å²) in [7, 11) is 1.58. The largest absolute Gasteiger partial charge is 0.497 e. The molecular weight excluding hydrogens is 382 g/mol. The molecule has 0 spiro atoms. The molecule has 4 aromatic rings. The van der Waals surface area contributed by atoms with Crippen molar-refractivity contribution in [2.45, 2.75) is 6.42 Å². The highest BCUT2D eigenvalue weighted by atomic mass is 16.5. The smallest absolute Gasteiger partial charge is 0.323 e. The molecule has 4 rings (SSSR count). The Labute approximate surface area is 172 Å².